The number of nitrogens with two attached hydrogens (primary N) is 1. The van der Waals surface area contributed by atoms with Crippen molar-refractivity contribution < 1.29 is 18.0 Å². The zero-order chi connectivity index (χ0) is 18.1. The van der Waals surface area contributed by atoms with E-state index < -0.39 is 17.3 Å². The van der Waals surface area contributed by atoms with Crippen LogP contribution in [0.4, 0.5) is 13.2 Å². The summed E-state index contributed by atoms with van der Waals surface area (Å²) in [4.78, 5) is 14.4. The Balaban J connectivity index is 1.60. The summed E-state index contributed by atoms with van der Waals surface area (Å²) in [5.41, 5.74) is 5.24. The minimum atomic E-state index is -4.32. The largest absolute Gasteiger partial charge is 0.416 e. The molecule has 1 aromatic carbocycles. The lowest BCUT2D eigenvalue weighted by atomic mass is 9.76. The summed E-state index contributed by atoms with van der Waals surface area (Å²) < 4.78 is 39.3. The van der Waals surface area contributed by atoms with Crippen LogP contribution in [-0.4, -0.2) is 29.4 Å². The molecule has 2 aliphatic rings. The van der Waals surface area contributed by atoms with E-state index in [1.165, 1.54) is 6.07 Å². The Hall–Kier alpha value is -1.56. The molecule has 1 aliphatic carbocycles. The zero-order valence-electron chi connectivity index (χ0n) is 14.3. The van der Waals surface area contributed by atoms with Gasteiger partial charge in [0.15, 0.2) is 0 Å². The molecule has 0 bridgehead atoms. The fourth-order valence-electron chi connectivity index (χ4n) is 3.95. The number of nitrogens with zero attached hydrogens (tertiary/aromatic N) is 1. The summed E-state index contributed by atoms with van der Waals surface area (Å²) in [6, 6.07) is 5.77. The van der Waals surface area contributed by atoms with E-state index in [2.05, 4.69) is 0 Å². The van der Waals surface area contributed by atoms with E-state index in [1.54, 1.807) is 12.1 Å². The predicted octanol–water partition coefficient (Wildman–Crippen LogP) is 3.76. The lowest BCUT2D eigenvalue weighted by Crippen LogP contribution is -2.60. The van der Waals surface area contributed by atoms with Crippen LogP contribution in [0.2, 0.25) is 0 Å². The molecule has 1 heterocycles. The average Bonchev–Trinajstić information content (AvgIpc) is 2.57. The monoisotopic (exact) mass is 354 g/mol. The molecule has 3 nitrogen and oxygen atoms in total. The molecule has 3 rings (SSSR count). The SMILES string of the molecule is NC1(C(=O)N2CCC[C@H](CCc3ccccc3C(F)(F)F)C2)CCC1. The maximum absolute atomic E-state index is 13.1. The standard InChI is InChI=1S/C19H25F3N2O/c20-19(21,22)16-7-2-1-6-15(16)9-8-14-5-3-12-24(13-14)17(25)18(23)10-4-11-18/h1-2,6-7,14H,3-5,8-13,23H2/t14-/m1/s1. The van der Waals surface area contributed by atoms with Crippen molar-refractivity contribution in [2.75, 3.05) is 13.1 Å². The van der Waals surface area contributed by atoms with Gasteiger partial charge in [-0.1, -0.05) is 18.2 Å². The topological polar surface area (TPSA) is 46.3 Å². The first-order valence-corrected chi connectivity index (χ1v) is 9.03. The molecule has 6 heteroatoms. The normalized spacial score (nSPS) is 23.2. The van der Waals surface area contributed by atoms with E-state index in [4.69, 9.17) is 5.73 Å². The van der Waals surface area contributed by atoms with Crippen LogP contribution < -0.4 is 5.73 Å². The number of amides is 1. The number of aryl methyl sites for hydroxylation is 1. The van der Waals surface area contributed by atoms with Gasteiger partial charge in [-0.25, -0.2) is 0 Å². The predicted molar refractivity (Wildman–Crippen MR) is 89.8 cm³/mol. The summed E-state index contributed by atoms with van der Waals surface area (Å²) in [5.74, 6) is 0.266. The maximum Gasteiger partial charge on any atom is 0.416 e. The third kappa shape index (κ3) is 4.00. The second-order valence-electron chi connectivity index (χ2n) is 7.46. The average molecular weight is 354 g/mol. The molecule has 2 N–H and O–H groups in total. The molecule has 0 spiro atoms. The van der Waals surface area contributed by atoms with E-state index in [0.717, 1.165) is 38.2 Å². The first-order chi connectivity index (χ1) is 11.8. The Labute approximate surface area is 146 Å². The molecule has 1 saturated carbocycles. The highest BCUT2D eigenvalue weighted by atomic mass is 19.4. The Bertz CT molecular complexity index is 625. The van der Waals surface area contributed by atoms with Gasteiger partial charge in [0.05, 0.1) is 11.1 Å². The third-order valence-electron chi connectivity index (χ3n) is 5.62. The number of piperidine rings is 1. The Morgan fingerprint density at radius 2 is 1.96 bits per heavy atom. The first-order valence-electron chi connectivity index (χ1n) is 9.03. The van der Waals surface area contributed by atoms with Gasteiger partial charge in [-0.3, -0.25) is 4.79 Å². The van der Waals surface area contributed by atoms with Gasteiger partial charge in [-0.15, -0.1) is 0 Å². The maximum atomic E-state index is 13.1. The van der Waals surface area contributed by atoms with Crippen LogP contribution in [0.5, 0.6) is 0 Å². The minimum Gasteiger partial charge on any atom is -0.341 e. The van der Waals surface area contributed by atoms with Crippen molar-refractivity contribution in [3.8, 4) is 0 Å². The van der Waals surface area contributed by atoms with Crippen molar-refractivity contribution in [1.29, 1.82) is 0 Å². The molecule has 138 valence electrons. The number of rotatable bonds is 4. The van der Waals surface area contributed by atoms with Gasteiger partial charge >= 0.3 is 6.18 Å². The van der Waals surface area contributed by atoms with Crippen molar-refractivity contribution in [2.45, 2.75) is 56.7 Å². The van der Waals surface area contributed by atoms with Crippen molar-refractivity contribution in [2.24, 2.45) is 11.7 Å². The number of carbonyl (C=O) groups excluding carboxylic acids is 1. The van der Waals surface area contributed by atoms with Crippen LogP contribution in [0.15, 0.2) is 24.3 Å². The molecular formula is C19H25F3N2O. The summed E-state index contributed by atoms with van der Waals surface area (Å²) in [6.07, 6.45) is 1.06. The van der Waals surface area contributed by atoms with Crippen LogP contribution in [0.1, 0.15) is 49.7 Å². The molecule has 1 aliphatic heterocycles. The van der Waals surface area contributed by atoms with Crippen LogP contribution in [0, 0.1) is 5.92 Å². The quantitative estimate of drug-likeness (QED) is 0.895. The molecule has 1 amide bonds. The second-order valence-corrected chi connectivity index (χ2v) is 7.46. The van der Waals surface area contributed by atoms with Gasteiger partial charge in [-0.05, 0) is 62.5 Å². The Kier molecular flexibility index (Phi) is 5.09. The van der Waals surface area contributed by atoms with Crippen LogP contribution in [0.3, 0.4) is 0 Å². The van der Waals surface area contributed by atoms with Gasteiger partial charge in [0.1, 0.15) is 0 Å². The van der Waals surface area contributed by atoms with E-state index >= 15 is 0 Å². The number of hydrogen-bond acceptors (Lipinski definition) is 2. The minimum absolute atomic E-state index is 0.0270. The number of benzene rings is 1. The summed E-state index contributed by atoms with van der Waals surface area (Å²) in [7, 11) is 0. The lowest BCUT2D eigenvalue weighted by molar-refractivity contribution is -0.142. The summed E-state index contributed by atoms with van der Waals surface area (Å²) >= 11 is 0. The fraction of sp³-hybridized carbons (Fsp3) is 0.632. The molecule has 2 fully saturated rings. The van der Waals surface area contributed by atoms with Crippen molar-refractivity contribution in [1.82, 2.24) is 4.90 Å². The van der Waals surface area contributed by atoms with Gasteiger partial charge in [0, 0.05) is 13.1 Å². The van der Waals surface area contributed by atoms with Crippen LogP contribution in [-0.2, 0) is 17.4 Å². The fourth-order valence-corrected chi connectivity index (χ4v) is 3.95. The molecule has 25 heavy (non-hydrogen) atoms. The third-order valence-corrected chi connectivity index (χ3v) is 5.62. The van der Waals surface area contributed by atoms with E-state index in [1.807, 2.05) is 4.90 Å². The number of alkyl halides is 3. The van der Waals surface area contributed by atoms with Crippen molar-refractivity contribution in [3.63, 3.8) is 0 Å². The van der Waals surface area contributed by atoms with Crippen LogP contribution >= 0.6 is 0 Å². The first kappa shape index (κ1) is 18.2. The number of halogens is 3. The zero-order valence-corrected chi connectivity index (χ0v) is 14.3. The van der Waals surface area contributed by atoms with Crippen molar-refractivity contribution >= 4 is 5.91 Å². The van der Waals surface area contributed by atoms with E-state index in [-0.39, 0.29) is 11.8 Å². The highest BCUT2D eigenvalue weighted by Gasteiger charge is 2.43. The molecule has 0 unspecified atom stereocenters. The molecular weight excluding hydrogens is 329 g/mol. The van der Waals surface area contributed by atoms with E-state index in [9.17, 15) is 18.0 Å². The molecule has 1 aromatic rings. The Morgan fingerprint density at radius 1 is 1.24 bits per heavy atom. The van der Waals surface area contributed by atoms with Crippen LogP contribution in [0.25, 0.3) is 0 Å². The highest BCUT2D eigenvalue weighted by molar-refractivity contribution is 5.87. The number of hydrogen-bond donors (Lipinski definition) is 1. The number of carbonyl (C=O) groups is 1. The lowest BCUT2D eigenvalue weighted by Gasteiger charge is -2.43. The molecule has 0 aromatic heterocycles. The van der Waals surface area contributed by atoms with Gasteiger partial charge in [-0.2, -0.15) is 13.2 Å². The van der Waals surface area contributed by atoms with Gasteiger partial charge < -0.3 is 10.6 Å². The summed E-state index contributed by atoms with van der Waals surface area (Å²) in [5, 5.41) is 0. The smallest absolute Gasteiger partial charge is 0.341 e. The highest BCUT2D eigenvalue weighted by Crippen LogP contribution is 2.35. The summed E-state index contributed by atoms with van der Waals surface area (Å²) in [6.45, 7) is 1.33. The number of likely N-dealkylation sites (tertiary alicyclic amines) is 1. The van der Waals surface area contributed by atoms with Gasteiger partial charge in [0.2, 0.25) is 5.91 Å². The van der Waals surface area contributed by atoms with Gasteiger partial charge in [0.25, 0.3) is 0 Å². The molecule has 1 saturated heterocycles. The Morgan fingerprint density at radius 3 is 2.60 bits per heavy atom. The second kappa shape index (κ2) is 6.98. The van der Waals surface area contributed by atoms with Crippen molar-refractivity contribution in [3.05, 3.63) is 35.4 Å². The van der Waals surface area contributed by atoms with E-state index in [0.29, 0.717) is 31.5 Å². The molecule has 0 radical (unpaired) electrons. The molecule has 1 atom stereocenters.